The number of benzene rings is 1. The summed E-state index contributed by atoms with van der Waals surface area (Å²) in [6.07, 6.45) is 1.14. The van der Waals surface area contributed by atoms with E-state index in [1.54, 1.807) is 13.0 Å². The second-order valence-corrected chi connectivity index (χ2v) is 6.70. The third-order valence-electron chi connectivity index (χ3n) is 4.07. The molecule has 0 amide bonds. The van der Waals surface area contributed by atoms with Crippen LogP contribution in [0.25, 0.3) is 10.9 Å². The average Bonchev–Trinajstić information content (AvgIpc) is 2.53. The van der Waals surface area contributed by atoms with Gasteiger partial charge in [-0.1, -0.05) is 15.9 Å². The summed E-state index contributed by atoms with van der Waals surface area (Å²) in [5, 5.41) is 0.766. The van der Waals surface area contributed by atoms with Crippen molar-refractivity contribution in [1.82, 2.24) is 4.98 Å². The van der Waals surface area contributed by atoms with Crippen molar-refractivity contribution in [2.24, 2.45) is 0 Å². The second-order valence-electron chi connectivity index (χ2n) is 5.78. The maximum absolute atomic E-state index is 13.4. The van der Waals surface area contributed by atoms with Crippen molar-refractivity contribution in [1.29, 1.82) is 0 Å². The summed E-state index contributed by atoms with van der Waals surface area (Å²) in [6, 6.07) is 5.45. The largest absolute Gasteiger partial charge is 0.462 e. The Kier molecular flexibility index (Phi) is 4.71. The van der Waals surface area contributed by atoms with Crippen LogP contribution >= 0.6 is 15.9 Å². The predicted molar refractivity (Wildman–Crippen MR) is 91.8 cm³/mol. The molecule has 0 radical (unpaired) electrons. The molecule has 2 heterocycles. The smallest absolute Gasteiger partial charge is 0.339 e. The number of esters is 1. The Morgan fingerprint density at radius 2 is 2.04 bits per heavy atom. The molecule has 0 unspecified atom stereocenters. The average molecular weight is 399 g/mol. The number of rotatable bonds is 3. The number of ether oxygens (including phenoxy) is 1. The fourth-order valence-electron chi connectivity index (χ4n) is 2.84. The maximum atomic E-state index is 13.4. The lowest BCUT2D eigenvalue weighted by Crippen LogP contribution is -2.39. The molecule has 128 valence electrons. The van der Waals surface area contributed by atoms with Gasteiger partial charge in [-0.3, -0.25) is 4.98 Å². The van der Waals surface area contributed by atoms with Gasteiger partial charge in [-0.2, -0.15) is 0 Å². The topological polar surface area (TPSA) is 42.4 Å². The molecule has 1 aromatic heterocycles. The zero-order chi connectivity index (χ0) is 17.3. The number of fused-ring (bicyclic) bond motifs is 1. The van der Waals surface area contributed by atoms with Gasteiger partial charge in [-0.05, 0) is 25.1 Å². The van der Waals surface area contributed by atoms with Crippen LogP contribution < -0.4 is 4.90 Å². The number of aromatic nitrogens is 1. The van der Waals surface area contributed by atoms with Crippen LogP contribution in [-0.2, 0) is 4.74 Å². The zero-order valence-electron chi connectivity index (χ0n) is 13.2. The number of anilines is 1. The van der Waals surface area contributed by atoms with Gasteiger partial charge in [0.2, 0.25) is 0 Å². The minimum Gasteiger partial charge on any atom is -0.462 e. The molecule has 1 saturated heterocycles. The van der Waals surface area contributed by atoms with Crippen LogP contribution in [0, 0.1) is 0 Å². The van der Waals surface area contributed by atoms with Gasteiger partial charge in [0, 0.05) is 42.0 Å². The van der Waals surface area contributed by atoms with Crippen molar-refractivity contribution in [3.63, 3.8) is 0 Å². The third kappa shape index (κ3) is 3.50. The summed E-state index contributed by atoms with van der Waals surface area (Å²) in [6.45, 7) is 2.59. The van der Waals surface area contributed by atoms with Crippen LogP contribution in [0.5, 0.6) is 0 Å². The fraction of sp³-hybridized carbons (Fsp3) is 0.412. The zero-order valence-corrected chi connectivity index (χ0v) is 14.8. The van der Waals surface area contributed by atoms with E-state index in [-0.39, 0.29) is 25.9 Å². The number of hydrogen-bond acceptors (Lipinski definition) is 4. The highest BCUT2D eigenvalue weighted by Crippen LogP contribution is 2.35. The number of nitrogens with zero attached hydrogens (tertiary/aromatic N) is 2. The maximum Gasteiger partial charge on any atom is 0.339 e. The van der Waals surface area contributed by atoms with Crippen molar-refractivity contribution in [3.8, 4) is 0 Å². The third-order valence-corrected chi connectivity index (χ3v) is 4.53. The molecule has 3 rings (SSSR count). The highest BCUT2D eigenvalue weighted by Gasteiger charge is 2.34. The second kappa shape index (κ2) is 6.63. The standard InChI is InChI=1S/C17H17BrF2N2O2/c1-2-24-16(23)12-7-11-8-13(18)9-14(15(11)21-10-12)22-5-3-17(19,20)4-6-22/h7-10H,2-6H2,1H3. The molecule has 0 N–H and O–H groups in total. The van der Waals surface area contributed by atoms with Gasteiger partial charge in [0.05, 0.1) is 23.4 Å². The first kappa shape index (κ1) is 17.1. The molecule has 1 aliphatic heterocycles. The normalized spacial score (nSPS) is 17.1. The SMILES string of the molecule is CCOC(=O)c1cnc2c(N3CCC(F)(F)CC3)cc(Br)cc2c1. The molecule has 1 aliphatic rings. The number of piperidine rings is 1. The predicted octanol–water partition coefficient (Wildman–Crippen LogP) is 4.41. The molecule has 0 atom stereocenters. The Morgan fingerprint density at radius 3 is 2.71 bits per heavy atom. The van der Waals surface area contributed by atoms with E-state index in [9.17, 15) is 13.6 Å². The molecule has 24 heavy (non-hydrogen) atoms. The summed E-state index contributed by atoms with van der Waals surface area (Å²) < 4.78 is 32.6. The quantitative estimate of drug-likeness (QED) is 0.718. The minimum atomic E-state index is -2.59. The van der Waals surface area contributed by atoms with Gasteiger partial charge < -0.3 is 9.64 Å². The molecule has 0 spiro atoms. The Hall–Kier alpha value is -1.76. The van der Waals surface area contributed by atoms with Crippen molar-refractivity contribution >= 4 is 38.5 Å². The minimum absolute atomic E-state index is 0.165. The summed E-state index contributed by atoms with van der Waals surface area (Å²) in [5.41, 5.74) is 1.86. The van der Waals surface area contributed by atoms with Crippen molar-refractivity contribution < 1.29 is 18.3 Å². The lowest BCUT2D eigenvalue weighted by molar-refractivity contribution is -0.0220. The van der Waals surface area contributed by atoms with Crippen LogP contribution in [0.2, 0.25) is 0 Å². The molecule has 1 fully saturated rings. The number of pyridine rings is 1. The summed E-state index contributed by atoms with van der Waals surface area (Å²) >= 11 is 3.45. The van der Waals surface area contributed by atoms with E-state index in [1.807, 2.05) is 17.0 Å². The lowest BCUT2D eigenvalue weighted by Gasteiger charge is -2.33. The van der Waals surface area contributed by atoms with Gasteiger partial charge in [0.1, 0.15) is 0 Å². The first-order valence-corrected chi connectivity index (χ1v) is 8.58. The van der Waals surface area contributed by atoms with Crippen LogP contribution in [-0.4, -0.2) is 36.6 Å². The molecule has 7 heteroatoms. The molecular formula is C17H17BrF2N2O2. The molecule has 4 nitrogen and oxygen atoms in total. The Balaban J connectivity index is 1.98. The number of halogens is 3. The summed E-state index contributed by atoms with van der Waals surface area (Å²) in [5.74, 6) is -3.02. The number of alkyl halides is 2. The summed E-state index contributed by atoms with van der Waals surface area (Å²) in [4.78, 5) is 18.2. The molecule has 1 aromatic carbocycles. The van der Waals surface area contributed by atoms with E-state index in [4.69, 9.17) is 4.74 Å². The molecular weight excluding hydrogens is 382 g/mol. The number of carbonyl (C=O) groups excluding carboxylic acids is 1. The molecule has 0 saturated carbocycles. The van der Waals surface area contributed by atoms with Gasteiger partial charge >= 0.3 is 5.97 Å². The lowest BCUT2D eigenvalue weighted by atomic mass is 10.0. The van der Waals surface area contributed by atoms with Crippen molar-refractivity contribution in [2.75, 3.05) is 24.6 Å². The monoisotopic (exact) mass is 398 g/mol. The first-order valence-electron chi connectivity index (χ1n) is 7.79. The fourth-order valence-corrected chi connectivity index (χ4v) is 3.30. The Bertz CT molecular complexity index is 773. The molecule has 2 aromatic rings. The van der Waals surface area contributed by atoms with E-state index in [0.29, 0.717) is 17.7 Å². The summed E-state index contributed by atoms with van der Waals surface area (Å²) in [7, 11) is 0. The van der Waals surface area contributed by atoms with E-state index in [2.05, 4.69) is 20.9 Å². The van der Waals surface area contributed by atoms with Crippen molar-refractivity contribution in [2.45, 2.75) is 25.7 Å². The first-order chi connectivity index (χ1) is 11.4. The Labute approximate surface area is 146 Å². The van der Waals surface area contributed by atoms with E-state index in [1.165, 1.54) is 6.20 Å². The van der Waals surface area contributed by atoms with Crippen molar-refractivity contribution in [3.05, 3.63) is 34.4 Å². The highest BCUT2D eigenvalue weighted by molar-refractivity contribution is 9.10. The molecule has 0 aliphatic carbocycles. The van der Waals surface area contributed by atoms with Gasteiger partial charge in [-0.25, -0.2) is 13.6 Å². The van der Waals surface area contributed by atoms with Gasteiger partial charge in [-0.15, -0.1) is 0 Å². The van der Waals surface area contributed by atoms with Crippen LogP contribution in [0.4, 0.5) is 14.5 Å². The number of hydrogen-bond donors (Lipinski definition) is 0. The highest BCUT2D eigenvalue weighted by atomic mass is 79.9. The number of carbonyl (C=O) groups is 1. The van der Waals surface area contributed by atoms with E-state index >= 15 is 0 Å². The van der Waals surface area contributed by atoms with E-state index < -0.39 is 11.9 Å². The van der Waals surface area contributed by atoms with Crippen LogP contribution in [0.15, 0.2) is 28.9 Å². The van der Waals surface area contributed by atoms with Crippen LogP contribution in [0.1, 0.15) is 30.1 Å². The van der Waals surface area contributed by atoms with Gasteiger partial charge in [0.25, 0.3) is 5.92 Å². The van der Waals surface area contributed by atoms with E-state index in [0.717, 1.165) is 15.5 Å². The van der Waals surface area contributed by atoms with Gasteiger partial charge in [0.15, 0.2) is 0 Å². The van der Waals surface area contributed by atoms with Crippen LogP contribution in [0.3, 0.4) is 0 Å². The molecule has 0 bridgehead atoms. The Morgan fingerprint density at radius 1 is 1.33 bits per heavy atom.